The summed E-state index contributed by atoms with van der Waals surface area (Å²) in [6.45, 7) is 0. The SMILES string of the molecule is N#Cc1c(Cl)c(F)cc2c1CCC2. The second-order valence-corrected chi connectivity index (χ2v) is 3.53. The van der Waals surface area contributed by atoms with Crippen molar-refractivity contribution in [3.8, 4) is 6.07 Å². The first-order valence-electron chi connectivity index (χ1n) is 4.14. The molecule has 0 atom stereocenters. The first kappa shape index (κ1) is 8.52. The first-order chi connectivity index (χ1) is 6.24. The highest BCUT2D eigenvalue weighted by molar-refractivity contribution is 6.32. The molecule has 13 heavy (non-hydrogen) atoms. The Bertz CT molecular complexity index is 406. The second-order valence-electron chi connectivity index (χ2n) is 3.15. The van der Waals surface area contributed by atoms with Crippen molar-refractivity contribution in [2.45, 2.75) is 19.3 Å². The van der Waals surface area contributed by atoms with Crippen LogP contribution in [0, 0.1) is 17.1 Å². The van der Waals surface area contributed by atoms with E-state index in [0.29, 0.717) is 5.56 Å². The largest absolute Gasteiger partial charge is 0.205 e. The predicted octanol–water partition coefficient (Wildman–Crippen LogP) is 2.84. The normalized spacial score (nSPS) is 13.9. The zero-order chi connectivity index (χ0) is 9.42. The maximum absolute atomic E-state index is 13.1. The molecule has 0 heterocycles. The fourth-order valence-electron chi connectivity index (χ4n) is 1.80. The van der Waals surface area contributed by atoms with Crippen LogP contribution in [0.5, 0.6) is 0 Å². The molecule has 0 aliphatic heterocycles. The van der Waals surface area contributed by atoms with Gasteiger partial charge in [0.15, 0.2) is 0 Å². The average Bonchev–Trinajstić information content (AvgIpc) is 2.54. The summed E-state index contributed by atoms with van der Waals surface area (Å²) >= 11 is 5.68. The van der Waals surface area contributed by atoms with Crippen LogP contribution in [-0.2, 0) is 12.8 Å². The van der Waals surface area contributed by atoms with Crippen molar-refractivity contribution in [3.63, 3.8) is 0 Å². The molecule has 0 radical (unpaired) electrons. The summed E-state index contributed by atoms with van der Waals surface area (Å²) in [5.41, 5.74) is 2.21. The third-order valence-corrected chi connectivity index (χ3v) is 2.77. The van der Waals surface area contributed by atoms with Gasteiger partial charge in [-0.1, -0.05) is 11.6 Å². The number of fused-ring (bicyclic) bond motifs is 1. The third kappa shape index (κ3) is 1.20. The lowest BCUT2D eigenvalue weighted by Crippen LogP contribution is -1.93. The van der Waals surface area contributed by atoms with Gasteiger partial charge in [-0.3, -0.25) is 0 Å². The van der Waals surface area contributed by atoms with E-state index in [1.807, 2.05) is 6.07 Å². The molecule has 0 spiro atoms. The minimum atomic E-state index is -0.473. The number of nitriles is 1. The van der Waals surface area contributed by atoms with Gasteiger partial charge in [0.05, 0.1) is 10.6 Å². The third-order valence-electron chi connectivity index (χ3n) is 2.40. The minimum Gasteiger partial charge on any atom is -0.205 e. The molecule has 1 aromatic rings. The quantitative estimate of drug-likeness (QED) is 0.625. The Morgan fingerprint density at radius 3 is 2.92 bits per heavy atom. The van der Waals surface area contributed by atoms with E-state index in [0.717, 1.165) is 30.4 Å². The lowest BCUT2D eigenvalue weighted by atomic mass is 10.0. The summed E-state index contributed by atoms with van der Waals surface area (Å²) in [5, 5.41) is 8.78. The van der Waals surface area contributed by atoms with Gasteiger partial charge in [-0.15, -0.1) is 0 Å². The molecular weight excluding hydrogens is 189 g/mol. The van der Waals surface area contributed by atoms with Gasteiger partial charge in [0.2, 0.25) is 0 Å². The molecule has 1 aromatic carbocycles. The lowest BCUT2D eigenvalue weighted by molar-refractivity contribution is 0.626. The van der Waals surface area contributed by atoms with Gasteiger partial charge < -0.3 is 0 Å². The van der Waals surface area contributed by atoms with Crippen LogP contribution in [0.2, 0.25) is 5.02 Å². The molecule has 0 saturated carbocycles. The molecule has 0 bridgehead atoms. The number of hydrogen-bond acceptors (Lipinski definition) is 1. The van der Waals surface area contributed by atoms with E-state index in [1.165, 1.54) is 6.07 Å². The minimum absolute atomic E-state index is 0.0249. The molecule has 0 amide bonds. The van der Waals surface area contributed by atoms with Crippen molar-refractivity contribution >= 4 is 11.6 Å². The second kappa shape index (κ2) is 3.01. The summed E-state index contributed by atoms with van der Waals surface area (Å²) in [7, 11) is 0. The maximum atomic E-state index is 13.1. The van der Waals surface area contributed by atoms with Gasteiger partial charge in [0.25, 0.3) is 0 Å². The molecule has 0 aromatic heterocycles. The molecule has 0 N–H and O–H groups in total. The first-order valence-corrected chi connectivity index (χ1v) is 4.51. The van der Waals surface area contributed by atoms with Crippen LogP contribution >= 0.6 is 11.6 Å². The molecule has 0 saturated heterocycles. The van der Waals surface area contributed by atoms with E-state index in [9.17, 15) is 4.39 Å². The molecular formula is C10H7ClFN. The molecule has 0 fully saturated rings. The summed E-state index contributed by atoms with van der Waals surface area (Å²) in [6.07, 6.45) is 2.69. The average molecular weight is 196 g/mol. The highest BCUT2D eigenvalue weighted by Gasteiger charge is 2.20. The summed E-state index contributed by atoms with van der Waals surface area (Å²) < 4.78 is 13.1. The number of aryl methyl sites for hydroxylation is 1. The number of halogens is 2. The van der Waals surface area contributed by atoms with Crippen LogP contribution in [0.25, 0.3) is 0 Å². The van der Waals surface area contributed by atoms with Crippen LogP contribution in [0.3, 0.4) is 0 Å². The van der Waals surface area contributed by atoms with E-state index >= 15 is 0 Å². The van der Waals surface area contributed by atoms with E-state index < -0.39 is 5.82 Å². The van der Waals surface area contributed by atoms with E-state index in [2.05, 4.69) is 0 Å². The fourth-order valence-corrected chi connectivity index (χ4v) is 2.01. The van der Waals surface area contributed by atoms with Crippen molar-refractivity contribution in [3.05, 3.63) is 33.6 Å². The Labute approximate surface area is 80.7 Å². The van der Waals surface area contributed by atoms with Crippen LogP contribution < -0.4 is 0 Å². The zero-order valence-corrected chi connectivity index (χ0v) is 7.66. The predicted molar refractivity (Wildman–Crippen MR) is 48.2 cm³/mol. The van der Waals surface area contributed by atoms with Gasteiger partial charge in [-0.05, 0) is 36.5 Å². The van der Waals surface area contributed by atoms with E-state index in [4.69, 9.17) is 16.9 Å². The summed E-state index contributed by atoms with van der Waals surface area (Å²) in [6, 6.07) is 3.41. The van der Waals surface area contributed by atoms with Gasteiger partial charge in [-0.2, -0.15) is 5.26 Å². The van der Waals surface area contributed by atoms with Crippen LogP contribution in [0.4, 0.5) is 4.39 Å². The Hall–Kier alpha value is -1.07. The smallest absolute Gasteiger partial charge is 0.143 e. The van der Waals surface area contributed by atoms with Crippen molar-refractivity contribution in [1.29, 1.82) is 5.26 Å². The Morgan fingerprint density at radius 2 is 2.23 bits per heavy atom. The molecule has 1 aliphatic carbocycles. The molecule has 0 unspecified atom stereocenters. The number of nitrogens with zero attached hydrogens (tertiary/aromatic N) is 1. The number of rotatable bonds is 0. The molecule has 66 valence electrons. The molecule has 3 heteroatoms. The molecule has 1 aliphatic rings. The van der Waals surface area contributed by atoms with Crippen molar-refractivity contribution < 1.29 is 4.39 Å². The van der Waals surface area contributed by atoms with Crippen molar-refractivity contribution in [1.82, 2.24) is 0 Å². The molecule has 1 nitrogen and oxygen atoms in total. The van der Waals surface area contributed by atoms with E-state index in [-0.39, 0.29) is 5.02 Å². The Morgan fingerprint density at radius 1 is 1.46 bits per heavy atom. The summed E-state index contributed by atoms with van der Waals surface area (Å²) in [5.74, 6) is -0.473. The topological polar surface area (TPSA) is 23.8 Å². The van der Waals surface area contributed by atoms with Gasteiger partial charge in [-0.25, -0.2) is 4.39 Å². The van der Waals surface area contributed by atoms with Crippen molar-refractivity contribution in [2.24, 2.45) is 0 Å². The van der Waals surface area contributed by atoms with Crippen LogP contribution in [-0.4, -0.2) is 0 Å². The lowest BCUT2D eigenvalue weighted by Gasteiger charge is -2.04. The van der Waals surface area contributed by atoms with Gasteiger partial charge in [0.1, 0.15) is 11.9 Å². The van der Waals surface area contributed by atoms with Crippen molar-refractivity contribution in [2.75, 3.05) is 0 Å². The maximum Gasteiger partial charge on any atom is 0.143 e. The highest BCUT2D eigenvalue weighted by atomic mass is 35.5. The summed E-state index contributed by atoms with van der Waals surface area (Å²) in [4.78, 5) is 0. The molecule has 2 rings (SSSR count). The number of hydrogen-bond donors (Lipinski definition) is 0. The van der Waals surface area contributed by atoms with E-state index in [1.54, 1.807) is 0 Å². The fraction of sp³-hybridized carbons (Fsp3) is 0.300. The Balaban J connectivity index is 2.73. The van der Waals surface area contributed by atoms with Gasteiger partial charge in [0, 0.05) is 0 Å². The standard InChI is InChI=1S/C10H7ClFN/c11-10-8(5-13)7-3-1-2-6(7)4-9(10)12/h4H,1-3H2. The zero-order valence-electron chi connectivity index (χ0n) is 6.90. The Kier molecular flexibility index (Phi) is 1.97. The number of benzene rings is 1. The monoisotopic (exact) mass is 195 g/mol. The van der Waals surface area contributed by atoms with Crippen LogP contribution in [0.15, 0.2) is 6.07 Å². The highest BCUT2D eigenvalue weighted by Crippen LogP contribution is 2.31. The van der Waals surface area contributed by atoms with Crippen LogP contribution in [0.1, 0.15) is 23.1 Å². The van der Waals surface area contributed by atoms with Gasteiger partial charge >= 0.3 is 0 Å².